The number of fused-ring (bicyclic) bond motifs is 1. The quantitative estimate of drug-likeness (QED) is 0.677. The van der Waals surface area contributed by atoms with Crippen LogP contribution in [0.1, 0.15) is 25.5 Å². The second-order valence-electron chi connectivity index (χ2n) is 2.96. The van der Waals surface area contributed by atoms with Crippen LogP contribution in [0, 0.1) is 0 Å². The molecule has 2 aromatic rings. The van der Waals surface area contributed by atoms with Crippen LogP contribution in [0.25, 0.3) is 11.2 Å². The highest BCUT2D eigenvalue weighted by molar-refractivity contribution is 5.67. The molecule has 0 saturated carbocycles. The van der Waals surface area contributed by atoms with Crippen LogP contribution in [0.2, 0.25) is 0 Å². The summed E-state index contributed by atoms with van der Waals surface area (Å²) in [5, 5.41) is 18.1. The Labute approximate surface area is 69.2 Å². The van der Waals surface area contributed by atoms with Crippen molar-refractivity contribution < 1.29 is 0 Å². The highest BCUT2D eigenvalue weighted by Crippen LogP contribution is 2.12. The van der Waals surface area contributed by atoms with Gasteiger partial charge in [-0.1, -0.05) is 13.8 Å². The second kappa shape index (κ2) is 2.51. The maximum absolute atomic E-state index is 4.01. The number of H-pyrrole nitrogens is 1. The molecule has 0 aliphatic heterocycles. The molecule has 0 spiro atoms. The smallest absolute Gasteiger partial charge is 0.195 e. The van der Waals surface area contributed by atoms with E-state index < -0.39 is 0 Å². The van der Waals surface area contributed by atoms with Crippen LogP contribution in [0.3, 0.4) is 0 Å². The predicted molar refractivity (Wildman–Crippen MR) is 43.6 cm³/mol. The summed E-state index contributed by atoms with van der Waals surface area (Å²) in [4.78, 5) is 0. The van der Waals surface area contributed by atoms with Gasteiger partial charge in [-0.3, -0.25) is 0 Å². The molecule has 0 aromatic carbocycles. The largest absolute Gasteiger partial charge is 0.223 e. The van der Waals surface area contributed by atoms with Crippen LogP contribution in [-0.2, 0) is 0 Å². The summed E-state index contributed by atoms with van der Waals surface area (Å²) in [7, 11) is 0. The average molecular weight is 163 g/mol. The normalized spacial score (nSPS) is 11.2. The lowest BCUT2D eigenvalue weighted by Gasteiger charge is -1.99. The molecule has 0 aliphatic carbocycles. The number of nitrogens with one attached hydrogen (secondary N) is 1. The fraction of sp³-hybridized carbons (Fsp3) is 0.429. The van der Waals surface area contributed by atoms with E-state index in [-0.39, 0.29) is 0 Å². The summed E-state index contributed by atoms with van der Waals surface area (Å²) in [6.07, 6.45) is 0. The zero-order chi connectivity index (χ0) is 8.55. The Kier molecular flexibility index (Phi) is 1.49. The average Bonchev–Trinajstić information content (AvgIpc) is 2.49. The van der Waals surface area contributed by atoms with E-state index in [1.165, 1.54) is 0 Å². The number of nitrogens with zero attached hydrogens (tertiary/aromatic N) is 4. The highest BCUT2D eigenvalue weighted by atomic mass is 15.4. The summed E-state index contributed by atoms with van der Waals surface area (Å²) in [6, 6.07) is 1.90. The lowest BCUT2D eigenvalue weighted by atomic mass is 10.1. The lowest BCUT2D eigenvalue weighted by Crippen LogP contribution is -1.94. The van der Waals surface area contributed by atoms with Crippen LogP contribution in [0.4, 0.5) is 0 Å². The van der Waals surface area contributed by atoms with Gasteiger partial charge in [0.15, 0.2) is 0 Å². The molecule has 0 saturated heterocycles. The molecule has 0 bridgehead atoms. The van der Waals surface area contributed by atoms with Crippen LogP contribution < -0.4 is 0 Å². The molecule has 0 amide bonds. The van der Waals surface area contributed by atoms with Crippen molar-refractivity contribution >= 4 is 11.2 Å². The Morgan fingerprint density at radius 2 is 2.08 bits per heavy atom. The van der Waals surface area contributed by atoms with Gasteiger partial charge in [-0.15, -0.1) is 10.2 Å². The number of rotatable bonds is 1. The minimum atomic E-state index is 0.374. The summed E-state index contributed by atoms with van der Waals surface area (Å²) in [5.74, 6) is 0.374. The molecule has 1 N–H and O–H groups in total. The van der Waals surface area contributed by atoms with E-state index in [2.05, 4.69) is 39.5 Å². The molecule has 12 heavy (non-hydrogen) atoms. The zero-order valence-corrected chi connectivity index (χ0v) is 6.94. The first-order chi connectivity index (χ1) is 5.77. The van der Waals surface area contributed by atoms with E-state index in [0.717, 1.165) is 11.2 Å². The Morgan fingerprint density at radius 3 is 2.83 bits per heavy atom. The topological polar surface area (TPSA) is 67.3 Å². The van der Waals surface area contributed by atoms with E-state index in [1.54, 1.807) is 0 Å². The molecule has 62 valence electrons. The minimum Gasteiger partial charge on any atom is -0.195 e. The van der Waals surface area contributed by atoms with Crippen molar-refractivity contribution in [3.63, 3.8) is 0 Å². The van der Waals surface area contributed by atoms with E-state index in [1.807, 2.05) is 6.07 Å². The third-order valence-electron chi connectivity index (χ3n) is 1.69. The van der Waals surface area contributed by atoms with E-state index in [4.69, 9.17) is 0 Å². The van der Waals surface area contributed by atoms with Crippen molar-refractivity contribution in [1.82, 2.24) is 25.6 Å². The maximum atomic E-state index is 4.01. The fourth-order valence-corrected chi connectivity index (χ4v) is 0.960. The van der Waals surface area contributed by atoms with E-state index >= 15 is 0 Å². The molecule has 0 fully saturated rings. The van der Waals surface area contributed by atoms with Crippen LogP contribution in [0.15, 0.2) is 6.07 Å². The Bertz CT molecular complexity index is 391. The van der Waals surface area contributed by atoms with Crippen molar-refractivity contribution in [3.8, 4) is 0 Å². The molecule has 2 heterocycles. The van der Waals surface area contributed by atoms with Crippen LogP contribution >= 0.6 is 0 Å². The fourth-order valence-electron chi connectivity index (χ4n) is 0.960. The Hall–Kier alpha value is -1.52. The van der Waals surface area contributed by atoms with Crippen molar-refractivity contribution in [2.45, 2.75) is 19.8 Å². The van der Waals surface area contributed by atoms with Crippen molar-refractivity contribution in [3.05, 3.63) is 11.8 Å². The van der Waals surface area contributed by atoms with Crippen molar-refractivity contribution in [2.24, 2.45) is 0 Å². The van der Waals surface area contributed by atoms with Gasteiger partial charge in [0.2, 0.25) is 5.65 Å². The van der Waals surface area contributed by atoms with Crippen molar-refractivity contribution in [1.29, 1.82) is 0 Å². The van der Waals surface area contributed by atoms with Gasteiger partial charge >= 0.3 is 0 Å². The number of hydrogen-bond acceptors (Lipinski definition) is 4. The van der Waals surface area contributed by atoms with Crippen LogP contribution in [-0.4, -0.2) is 25.6 Å². The van der Waals surface area contributed by atoms with Gasteiger partial charge < -0.3 is 0 Å². The summed E-state index contributed by atoms with van der Waals surface area (Å²) >= 11 is 0. The van der Waals surface area contributed by atoms with E-state index in [0.29, 0.717) is 11.6 Å². The molecule has 0 atom stereocenters. The molecule has 2 aromatic heterocycles. The maximum Gasteiger partial charge on any atom is 0.223 e. The van der Waals surface area contributed by atoms with Gasteiger partial charge in [0.25, 0.3) is 0 Å². The third kappa shape index (κ3) is 1.03. The lowest BCUT2D eigenvalue weighted by molar-refractivity contribution is 0.793. The van der Waals surface area contributed by atoms with Gasteiger partial charge in [0.05, 0.1) is 5.69 Å². The molecule has 0 unspecified atom stereocenters. The first-order valence-electron chi connectivity index (χ1n) is 3.81. The predicted octanol–water partition coefficient (Wildman–Crippen LogP) is 0.871. The monoisotopic (exact) mass is 163 g/mol. The Balaban J connectivity index is 2.60. The van der Waals surface area contributed by atoms with Gasteiger partial charge in [-0.05, 0) is 12.0 Å². The highest BCUT2D eigenvalue weighted by Gasteiger charge is 2.05. The number of aromatic amines is 1. The number of hydrogen-bond donors (Lipinski definition) is 1. The van der Waals surface area contributed by atoms with E-state index in [9.17, 15) is 0 Å². The first kappa shape index (κ1) is 7.15. The first-order valence-corrected chi connectivity index (χ1v) is 3.81. The van der Waals surface area contributed by atoms with Gasteiger partial charge in [0.1, 0.15) is 5.52 Å². The SMILES string of the molecule is CC(C)c1cc2n[nH]nc2nn1. The molecular formula is C7H9N5. The molecule has 2 rings (SSSR count). The van der Waals surface area contributed by atoms with Crippen molar-refractivity contribution in [2.75, 3.05) is 0 Å². The third-order valence-corrected chi connectivity index (χ3v) is 1.69. The molecule has 5 heteroatoms. The van der Waals surface area contributed by atoms with Gasteiger partial charge in [-0.25, -0.2) is 0 Å². The second-order valence-corrected chi connectivity index (χ2v) is 2.96. The Morgan fingerprint density at radius 1 is 1.25 bits per heavy atom. The van der Waals surface area contributed by atoms with Gasteiger partial charge in [0, 0.05) is 0 Å². The molecule has 0 aliphatic rings. The molecule has 0 radical (unpaired) electrons. The van der Waals surface area contributed by atoms with Crippen LogP contribution in [0.5, 0.6) is 0 Å². The molecular weight excluding hydrogens is 154 g/mol. The number of aromatic nitrogens is 5. The van der Waals surface area contributed by atoms with Gasteiger partial charge in [-0.2, -0.15) is 15.4 Å². The molecule has 5 nitrogen and oxygen atoms in total. The summed E-state index contributed by atoms with van der Waals surface area (Å²) in [6.45, 7) is 4.13. The zero-order valence-electron chi connectivity index (χ0n) is 6.94. The standard InChI is InChI=1S/C7H9N5/c1-4(2)5-3-6-7(10-8-5)11-12-9-6/h3-4H,1-2H3,(H,9,10,11,12). The summed E-state index contributed by atoms with van der Waals surface area (Å²) < 4.78 is 0. The minimum absolute atomic E-state index is 0.374. The summed E-state index contributed by atoms with van der Waals surface area (Å²) in [5.41, 5.74) is 2.28.